The highest BCUT2D eigenvalue weighted by atomic mass is 79.9. The summed E-state index contributed by atoms with van der Waals surface area (Å²) in [6, 6.07) is 2.43. The molecule has 0 aromatic heterocycles. The highest BCUT2D eigenvalue weighted by Gasteiger charge is 2.28. The maximum absolute atomic E-state index is 14.0. The summed E-state index contributed by atoms with van der Waals surface area (Å²) in [5, 5.41) is 9.70. The van der Waals surface area contributed by atoms with Crippen LogP contribution in [0.15, 0.2) is 16.6 Å². The Hall–Kier alpha value is -0.480. The summed E-state index contributed by atoms with van der Waals surface area (Å²) in [6.45, 7) is 2.26. The van der Waals surface area contributed by atoms with Gasteiger partial charge in [0.05, 0.1) is 4.47 Å². The second-order valence-corrected chi connectivity index (χ2v) is 7.43. The maximum Gasteiger partial charge on any atom is 0.137 e. The van der Waals surface area contributed by atoms with E-state index in [2.05, 4.69) is 22.9 Å². The summed E-state index contributed by atoms with van der Waals surface area (Å²) in [7, 11) is 0. The number of aliphatic hydroxyl groups excluding tert-OH is 1. The predicted octanol–water partition coefficient (Wildman–Crippen LogP) is 5.48. The zero-order valence-electron chi connectivity index (χ0n) is 13.1. The number of benzene rings is 1. The van der Waals surface area contributed by atoms with E-state index in [1.807, 2.05) is 0 Å². The minimum absolute atomic E-state index is 0.0256. The highest BCUT2D eigenvalue weighted by Crippen LogP contribution is 2.37. The predicted molar refractivity (Wildman–Crippen MR) is 88.7 cm³/mol. The zero-order valence-corrected chi connectivity index (χ0v) is 14.7. The van der Waals surface area contributed by atoms with E-state index < -0.39 is 11.6 Å². The van der Waals surface area contributed by atoms with E-state index >= 15 is 0 Å². The minimum Gasteiger partial charge on any atom is -0.396 e. The lowest BCUT2D eigenvalue weighted by Gasteiger charge is -2.33. The average Bonchev–Trinajstić information content (AvgIpc) is 2.51. The molecule has 1 saturated carbocycles. The van der Waals surface area contributed by atoms with Gasteiger partial charge in [-0.2, -0.15) is 0 Å². The Balaban J connectivity index is 2.00. The summed E-state index contributed by atoms with van der Waals surface area (Å²) in [5.41, 5.74) is 0.371. The molecule has 0 radical (unpaired) electrons. The van der Waals surface area contributed by atoms with Gasteiger partial charge in [-0.05, 0) is 70.6 Å². The second kappa shape index (κ2) is 8.39. The summed E-state index contributed by atoms with van der Waals surface area (Å²) in [5.74, 6) is 0.412. The maximum atomic E-state index is 14.0. The third-order valence-corrected chi connectivity index (χ3v) is 5.67. The van der Waals surface area contributed by atoms with Crippen LogP contribution in [0.2, 0.25) is 0 Å². The number of hydrogen-bond donors (Lipinski definition) is 1. The Kier molecular flexibility index (Phi) is 6.82. The van der Waals surface area contributed by atoms with Gasteiger partial charge in [0.1, 0.15) is 11.6 Å². The van der Waals surface area contributed by atoms with E-state index in [0.29, 0.717) is 17.9 Å². The van der Waals surface area contributed by atoms with E-state index in [1.165, 1.54) is 37.8 Å². The number of rotatable bonds is 6. The summed E-state index contributed by atoms with van der Waals surface area (Å²) >= 11 is 3.00. The summed E-state index contributed by atoms with van der Waals surface area (Å²) in [4.78, 5) is 0. The van der Waals surface area contributed by atoms with Crippen LogP contribution < -0.4 is 0 Å². The van der Waals surface area contributed by atoms with E-state index in [9.17, 15) is 13.9 Å². The van der Waals surface area contributed by atoms with Crippen LogP contribution in [0.5, 0.6) is 0 Å². The van der Waals surface area contributed by atoms with Crippen molar-refractivity contribution in [3.63, 3.8) is 0 Å². The summed E-state index contributed by atoms with van der Waals surface area (Å²) < 4.78 is 27.7. The van der Waals surface area contributed by atoms with Crippen molar-refractivity contribution in [2.75, 3.05) is 6.61 Å². The lowest BCUT2D eigenvalue weighted by atomic mass is 9.73. The van der Waals surface area contributed by atoms with Gasteiger partial charge in [-0.15, -0.1) is 0 Å². The first kappa shape index (κ1) is 17.9. The molecule has 1 N–H and O–H groups in total. The molecule has 0 amide bonds. The quantitative estimate of drug-likeness (QED) is 0.653. The average molecular weight is 375 g/mol. The second-order valence-electron chi connectivity index (χ2n) is 6.57. The molecule has 0 aliphatic heterocycles. The molecule has 1 aromatic carbocycles. The van der Waals surface area contributed by atoms with Gasteiger partial charge in [-0.25, -0.2) is 8.78 Å². The molecule has 4 heteroatoms. The Morgan fingerprint density at radius 1 is 1.18 bits per heavy atom. The fourth-order valence-electron chi connectivity index (χ4n) is 3.74. The molecular weight excluding hydrogens is 350 g/mol. The van der Waals surface area contributed by atoms with Crippen molar-refractivity contribution in [2.45, 2.75) is 51.9 Å². The van der Waals surface area contributed by atoms with Crippen LogP contribution in [0.1, 0.15) is 51.0 Å². The van der Waals surface area contributed by atoms with Gasteiger partial charge < -0.3 is 5.11 Å². The SMILES string of the molecule is CCCC1CCC(C(CO)Cc2cc(F)c(Br)cc2F)CC1. The highest BCUT2D eigenvalue weighted by molar-refractivity contribution is 9.10. The van der Waals surface area contributed by atoms with Crippen molar-refractivity contribution < 1.29 is 13.9 Å². The Bertz CT molecular complexity index is 484. The molecule has 0 bridgehead atoms. The van der Waals surface area contributed by atoms with Crippen molar-refractivity contribution >= 4 is 15.9 Å². The topological polar surface area (TPSA) is 20.2 Å². The van der Waals surface area contributed by atoms with Crippen LogP contribution in [-0.4, -0.2) is 11.7 Å². The lowest BCUT2D eigenvalue weighted by molar-refractivity contribution is 0.128. The molecule has 0 spiro atoms. The zero-order chi connectivity index (χ0) is 16.1. The molecule has 1 aliphatic carbocycles. The molecule has 1 aliphatic rings. The lowest BCUT2D eigenvalue weighted by Crippen LogP contribution is -2.26. The van der Waals surface area contributed by atoms with Crippen LogP contribution in [0.4, 0.5) is 8.78 Å². The van der Waals surface area contributed by atoms with E-state index in [4.69, 9.17) is 0 Å². The van der Waals surface area contributed by atoms with E-state index in [0.717, 1.165) is 18.8 Å². The fourth-order valence-corrected chi connectivity index (χ4v) is 4.05. The Labute approximate surface area is 140 Å². The van der Waals surface area contributed by atoms with Crippen molar-refractivity contribution in [1.29, 1.82) is 0 Å². The normalized spacial score (nSPS) is 23.5. The Morgan fingerprint density at radius 2 is 1.86 bits per heavy atom. The molecule has 1 nitrogen and oxygen atoms in total. The first-order valence-electron chi connectivity index (χ1n) is 8.29. The smallest absolute Gasteiger partial charge is 0.137 e. The standard InChI is InChI=1S/C18H25BrF2O/c1-2-3-12-4-6-13(7-5-12)15(11-22)8-14-9-18(21)16(19)10-17(14)20/h9-10,12-13,15,22H,2-8,11H2,1H3. The molecule has 124 valence electrons. The van der Waals surface area contributed by atoms with Gasteiger partial charge in [0.15, 0.2) is 0 Å². The van der Waals surface area contributed by atoms with Crippen molar-refractivity contribution in [3.05, 3.63) is 33.8 Å². The van der Waals surface area contributed by atoms with Gasteiger partial charge in [-0.1, -0.05) is 32.6 Å². The van der Waals surface area contributed by atoms with Crippen molar-refractivity contribution in [2.24, 2.45) is 17.8 Å². The monoisotopic (exact) mass is 374 g/mol. The van der Waals surface area contributed by atoms with Gasteiger partial charge in [0.25, 0.3) is 0 Å². The van der Waals surface area contributed by atoms with Gasteiger partial charge in [0, 0.05) is 6.61 Å². The molecule has 22 heavy (non-hydrogen) atoms. The molecule has 0 heterocycles. The molecule has 1 atom stereocenters. The van der Waals surface area contributed by atoms with Crippen LogP contribution in [0, 0.1) is 29.4 Å². The third kappa shape index (κ3) is 4.51. The molecule has 2 rings (SSSR count). The van der Waals surface area contributed by atoms with Crippen LogP contribution >= 0.6 is 15.9 Å². The molecular formula is C18H25BrF2O. The third-order valence-electron chi connectivity index (χ3n) is 5.06. The molecule has 1 aromatic rings. The molecule has 0 saturated heterocycles. The van der Waals surface area contributed by atoms with Crippen molar-refractivity contribution in [3.8, 4) is 0 Å². The first-order valence-corrected chi connectivity index (χ1v) is 9.08. The summed E-state index contributed by atoms with van der Waals surface area (Å²) in [6.07, 6.45) is 7.51. The van der Waals surface area contributed by atoms with Crippen LogP contribution in [-0.2, 0) is 6.42 Å². The van der Waals surface area contributed by atoms with Gasteiger partial charge in [0.2, 0.25) is 0 Å². The van der Waals surface area contributed by atoms with E-state index in [1.54, 1.807) is 0 Å². The van der Waals surface area contributed by atoms with E-state index in [-0.39, 0.29) is 17.0 Å². The first-order chi connectivity index (χ1) is 10.5. The Morgan fingerprint density at radius 3 is 2.45 bits per heavy atom. The van der Waals surface area contributed by atoms with Crippen LogP contribution in [0.25, 0.3) is 0 Å². The minimum atomic E-state index is -0.445. The largest absolute Gasteiger partial charge is 0.396 e. The van der Waals surface area contributed by atoms with Gasteiger partial charge >= 0.3 is 0 Å². The number of hydrogen-bond acceptors (Lipinski definition) is 1. The van der Waals surface area contributed by atoms with Crippen LogP contribution in [0.3, 0.4) is 0 Å². The van der Waals surface area contributed by atoms with Crippen molar-refractivity contribution in [1.82, 2.24) is 0 Å². The fraction of sp³-hybridized carbons (Fsp3) is 0.667. The molecule has 1 fully saturated rings. The van der Waals surface area contributed by atoms with Gasteiger partial charge in [-0.3, -0.25) is 0 Å². The molecule has 1 unspecified atom stereocenters. The number of halogens is 3. The number of aliphatic hydroxyl groups is 1.